The lowest BCUT2D eigenvalue weighted by Crippen LogP contribution is -2.31. The number of rotatable bonds is 5. The molecule has 1 atom stereocenters. The molecule has 1 heterocycles. The maximum absolute atomic E-state index is 9.98. The molecule has 3 heteroatoms. The second-order valence-corrected chi connectivity index (χ2v) is 4.71. The van der Waals surface area contributed by atoms with Gasteiger partial charge in [-0.05, 0) is 25.3 Å². The van der Waals surface area contributed by atoms with Crippen LogP contribution < -0.4 is 0 Å². The zero-order valence-electron chi connectivity index (χ0n) is 10.3. The van der Waals surface area contributed by atoms with Gasteiger partial charge < -0.3 is 14.6 Å². The van der Waals surface area contributed by atoms with Gasteiger partial charge in [-0.25, -0.2) is 0 Å². The Morgan fingerprint density at radius 1 is 1.24 bits per heavy atom. The van der Waals surface area contributed by atoms with E-state index >= 15 is 0 Å². The number of aryl methyl sites for hydroxylation is 1. The lowest BCUT2D eigenvalue weighted by atomic mass is 10.0. The van der Waals surface area contributed by atoms with Gasteiger partial charge in [0, 0.05) is 6.42 Å². The number of hydrogen-bond acceptors (Lipinski definition) is 3. The van der Waals surface area contributed by atoms with Gasteiger partial charge in [0.15, 0.2) is 5.79 Å². The van der Waals surface area contributed by atoms with Crippen LogP contribution in [0.2, 0.25) is 0 Å². The van der Waals surface area contributed by atoms with Crippen LogP contribution in [0.25, 0.3) is 0 Å². The topological polar surface area (TPSA) is 38.7 Å². The summed E-state index contributed by atoms with van der Waals surface area (Å²) in [5.41, 5.74) is 1.25. The van der Waals surface area contributed by atoms with E-state index < -0.39 is 5.79 Å². The van der Waals surface area contributed by atoms with Gasteiger partial charge in [-0.2, -0.15) is 0 Å². The van der Waals surface area contributed by atoms with Crippen LogP contribution >= 0.6 is 0 Å². The number of aliphatic hydroxyl groups is 1. The molecule has 0 radical (unpaired) electrons. The van der Waals surface area contributed by atoms with Crippen molar-refractivity contribution in [3.63, 3.8) is 0 Å². The van der Waals surface area contributed by atoms with Crippen molar-refractivity contribution in [1.82, 2.24) is 0 Å². The molecule has 0 aliphatic carbocycles. The molecular weight excluding hydrogens is 216 g/mol. The molecule has 3 nitrogen and oxygen atoms in total. The first kappa shape index (κ1) is 12.6. The zero-order valence-corrected chi connectivity index (χ0v) is 10.3. The van der Waals surface area contributed by atoms with Gasteiger partial charge >= 0.3 is 0 Å². The SMILES string of the molecule is CC1(C[C@H](O)CCc2ccccc2)OCCO1. The molecule has 1 saturated heterocycles. The quantitative estimate of drug-likeness (QED) is 0.851. The van der Waals surface area contributed by atoms with Crippen molar-refractivity contribution in [2.75, 3.05) is 13.2 Å². The molecule has 94 valence electrons. The molecule has 0 bridgehead atoms. The summed E-state index contributed by atoms with van der Waals surface area (Å²) in [7, 11) is 0. The van der Waals surface area contributed by atoms with Crippen LogP contribution in [0.3, 0.4) is 0 Å². The van der Waals surface area contributed by atoms with Crippen molar-refractivity contribution in [2.24, 2.45) is 0 Å². The molecule has 1 aromatic rings. The standard InChI is InChI=1S/C14H20O3/c1-14(16-9-10-17-14)11-13(15)8-7-12-5-3-2-4-6-12/h2-6,13,15H,7-11H2,1H3/t13-/m1/s1. The van der Waals surface area contributed by atoms with Crippen molar-refractivity contribution in [2.45, 2.75) is 38.1 Å². The Bertz CT molecular complexity index is 331. The van der Waals surface area contributed by atoms with Gasteiger partial charge in [-0.3, -0.25) is 0 Å². The highest BCUT2D eigenvalue weighted by molar-refractivity contribution is 5.14. The van der Waals surface area contributed by atoms with E-state index in [1.807, 2.05) is 25.1 Å². The van der Waals surface area contributed by atoms with E-state index in [4.69, 9.17) is 9.47 Å². The summed E-state index contributed by atoms with van der Waals surface area (Å²) in [5.74, 6) is -0.587. The third-order valence-electron chi connectivity index (χ3n) is 3.11. The van der Waals surface area contributed by atoms with E-state index in [1.165, 1.54) is 5.56 Å². The minimum Gasteiger partial charge on any atom is -0.393 e. The first-order valence-corrected chi connectivity index (χ1v) is 6.18. The summed E-state index contributed by atoms with van der Waals surface area (Å²) >= 11 is 0. The maximum atomic E-state index is 9.98. The molecule has 17 heavy (non-hydrogen) atoms. The molecule has 0 amide bonds. The summed E-state index contributed by atoms with van der Waals surface area (Å²) in [5, 5.41) is 9.98. The zero-order chi connectivity index (χ0) is 12.1. The van der Waals surface area contributed by atoms with Crippen molar-refractivity contribution in [3.05, 3.63) is 35.9 Å². The smallest absolute Gasteiger partial charge is 0.168 e. The van der Waals surface area contributed by atoms with E-state index in [0.717, 1.165) is 12.8 Å². The molecule has 1 fully saturated rings. The number of ether oxygens (including phenoxy) is 2. The van der Waals surface area contributed by atoms with Gasteiger partial charge in [0.2, 0.25) is 0 Å². The van der Waals surface area contributed by atoms with E-state index in [1.54, 1.807) is 0 Å². The Morgan fingerprint density at radius 3 is 2.53 bits per heavy atom. The number of hydrogen-bond donors (Lipinski definition) is 1. The van der Waals surface area contributed by atoms with Crippen molar-refractivity contribution < 1.29 is 14.6 Å². The monoisotopic (exact) mass is 236 g/mol. The summed E-state index contributed by atoms with van der Waals surface area (Å²) in [4.78, 5) is 0. The van der Waals surface area contributed by atoms with Crippen LogP contribution in [-0.4, -0.2) is 30.2 Å². The van der Waals surface area contributed by atoms with Gasteiger partial charge in [-0.15, -0.1) is 0 Å². The third kappa shape index (κ3) is 3.80. The molecule has 1 aliphatic rings. The Morgan fingerprint density at radius 2 is 1.88 bits per heavy atom. The van der Waals surface area contributed by atoms with Gasteiger partial charge in [0.1, 0.15) is 0 Å². The molecule has 0 spiro atoms. The fourth-order valence-corrected chi connectivity index (χ4v) is 2.18. The van der Waals surface area contributed by atoms with Crippen molar-refractivity contribution in [3.8, 4) is 0 Å². The van der Waals surface area contributed by atoms with Crippen LogP contribution in [0.1, 0.15) is 25.3 Å². The molecular formula is C14H20O3. The number of aliphatic hydroxyl groups excluding tert-OH is 1. The number of benzene rings is 1. The molecule has 0 unspecified atom stereocenters. The molecule has 1 N–H and O–H groups in total. The fourth-order valence-electron chi connectivity index (χ4n) is 2.18. The largest absolute Gasteiger partial charge is 0.393 e. The minimum absolute atomic E-state index is 0.377. The second-order valence-electron chi connectivity index (χ2n) is 4.71. The highest BCUT2D eigenvalue weighted by atomic mass is 16.7. The van der Waals surface area contributed by atoms with Crippen LogP contribution in [0.5, 0.6) is 0 Å². The Balaban J connectivity index is 1.76. The predicted octanol–water partition coefficient (Wildman–Crippen LogP) is 2.13. The molecule has 0 saturated carbocycles. The fraction of sp³-hybridized carbons (Fsp3) is 0.571. The van der Waals surface area contributed by atoms with Gasteiger partial charge in [0.05, 0.1) is 19.3 Å². The lowest BCUT2D eigenvalue weighted by Gasteiger charge is -2.25. The first-order valence-electron chi connectivity index (χ1n) is 6.18. The molecule has 2 rings (SSSR count). The Labute approximate surface area is 102 Å². The van der Waals surface area contributed by atoms with Gasteiger partial charge in [-0.1, -0.05) is 30.3 Å². The van der Waals surface area contributed by atoms with Crippen LogP contribution in [0, 0.1) is 0 Å². The summed E-state index contributed by atoms with van der Waals surface area (Å²) in [6.07, 6.45) is 1.79. The van der Waals surface area contributed by atoms with E-state index in [-0.39, 0.29) is 6.10 Å². The third-order valence-corrected chi connectivity index (χ3v) is 3.11. The van der Waals surface area contributed by atoms with Crippen LogP contribution in [0.4, 0.5) is 0 Å². The molecule has 0 aromatic heterocycles. The summed E-state index contributed by atoms with van der Waals surface area (Å²) in [6, 6.07) is 10.2. The average molecular weight is 236 g/mol. The Kier molecular flexibility index (Phi) is 4.15. The summed E-state index contributed by atoms with van der Waals surface area (Å²) < 4.78 is 11.0. The highest BCUT2D eigenvalue weighted by Gasteiger charge is 2.33. The average Bonchev–Trinajstić information content (AvgIpc) is 2.74. The highest BCUT2D eigenvalue weighted by Crippen LogP contribution is 2.25. The van der Waals surface area contributed by atoms with E-state index in [9.17, 15) is 5.11 Å². The Hall–Kier alpha value is -0.900. The predicted molar refractivity (Wildman–Crippen MR) is 65.7 cm³/mol. The van der Waals surface area contributed by atoms with E-state index in [0.29, 0.717) is 19.6 Å². The normalized spacial score (nSPS) is 20.4. The minimum atomic E-state index is -0.587. The second kappa shape index (κ2) is 5.63. The van der Waals surface area contributed by atoms with Crippen LogP contribution in [-0.2, 0) is 15.9 Å². The van der Waals surface area contributed by atoms with Crippen molar-refractivity contribution in [1.29, 1.82) is 0 Å². The van der Waals surface area contributed by atoms with E-state index in [2.05, 4.69) is 12.1 Å². The molecule has 1 aliphatic heterocycles. The lowest BCUT2D eigenvalue weighted by molar-refractivity contribution is -0.162. The maximum Gasteiger partial charge on any atom is 0.168 e. The first-order chi connectivity index (χ1) is 8.18. The van der Waals surface area contributed by atoms with Gasteiger partial charge in [0.25, 0.3) is 0 Å². The van der Waals surface area contributed by atoms with Crippen molar-refractivity contribution >= 4 is 0 Å². The molecule has 1 aromatic carbocycles. The summed E-state index contributed by atoms with van der Waals surface area (Å²) in [6.45, 7) is 3.15. The van der Waals surface area contributed by atoms with Crippen LogP contribution in [0.15, 0.2) is 30.3 Å².